The predicted molar refractivity (Wildman–Crippen MR) is 74.4 cm³/mol. The molecule has 0 radical (unpaired) electrons. The molecule has 3 aromatic rings. The third-order valence-electron chi connectivity index (χ3n) is 3.34. The molecule has 1 unspecified atom stereocenters. The number of hydrogen-bond donors (Lipinski definition) is 1. The Morgan fingerprint density at radius 2 is 1.55 bits per heavy atom. The van der Waals surface area contributed by atoms with Crippen LogP contribution in [0.2, 0.25) is 0 Å². The zero-order valence-corrected chi connectivity index (χ0v) is 10.6. The van der Waals surface area contributed by atoms with Gasteiger partial charge in [-0.2, -0.15) is 0 Å². The molecule has 100 valence electrons. The zero-order valence-electron chi connectivity index (χ0n) is 10.6. The molecule has 3 heteroatoms. The van der Waals surface area contributed by atoms with Gasteiger partial charge in [-0.05, 0) is 40.6 Å². The van der Waals surface area contributed by atoms with E-state index in [0.717, 1.165) is 29.0 Å². The zero-order chi connectivity index (χ0) is 14.1. The Morgan fingerprint density at radius 1 is 0.800 bits per heavy atom. The van der Waals surface area contributed by atoms with Crippen molar-refractivity contribution in [2.75, 3.05) is 0 Å². The first-order chi connectivity index (χ1) is 9.65. The van der Waals surface area contributed by atoms with E-state index < -0.39 is 17.7 Å². The number of aliphatic hydroxyl groups is 1. The summed E-state index contributed by atoms with van der Waals surface area (Å²) in [7, 11) is 0. The average Bonchev–Trinajstić information content (AvgIpc) is 2.48. The monoisotopic (exact) mass is 270 g/mol. The Hall–Kier alpha value is -2.26. The Balaban J connectivity index is 2.07. The van der Waals surface area contributed by atoms with Gasteiger partial charge in [0.15, 0.2) is 0 Å². The normalized spacial score (nSPS) is 12.6. The van der Waals surface area contributed by atoms with Crippen molar-refractivity contribution in [1.29, 1.82) is 0 Å². The van der Waals surface area contributed by atoms with Crippen LogP contribution in [0.1, 0.15) is 17.2 Å². The fraction of sp³-hybridized carbons (Fsp3) is 0.0588. The molecule has 0 aliphatic heterocycles. The van der Waals surface area contributed by atoms with E-state index in [1.807, 2.05) is 30.3 Å². The molecule has 0 spiro atoms. The molecular weight excluding hydrogens is 258 g/mol. The third kappa shape index (κ3) is 2.28. The van der Waals surface area contributed by atoms with Crippen LogP contribution in [-0.4, -0.2) is 5.11 Å². The fourth-order valence-electron chi connectivity index (χ4n) is 2.28. The van der Waals surface area contributed by atoms with Gasteiger partial charge in [-0.3, -0.25) is 0 Å². The third-order valence-corrected chi connectivity index (χ3v) is 3.34. The lowest BCUT2D eigenvalue weighted by atomic mass is 9.98. The first-order valence-corrected chi connectivity index (χ1v) is 6.27. The van der Waals surface area contributed by atoms with E-state index in [9.17, 15) is 13.9 Å². The molecule has 20 heavy (non-hydrogen) atoms. The van der Waals surface area contributed by atoms with Gasteiger partial charge < -0.3 is 5.11 Å². The van der Waals surface area contributed by atoms with E-state index in [0.29, 0.717) is 5.56 Å². The minimum atomic E-state index is -1.18. The van der Waals surface area contributed by atoms with Gasteiger partial charge in [-0.25, -0.2) is 8.78 Å². The summed E-state index contributed by atoms with van der Waals surface area (Å²) < 4.78 is 26.9. The molecule has 0 heterocycles. The maximum Gasteiger partial charge on any atom is 0.129 e. The minimum Gasteiger partial charge on any atom is -0.384 e. The van der Waals surface area contributed by atoms with Crippen LogP contribution in [0, 0.1) is 11.6 Å². The molecule has 0 saturated heterocycles. The Morgan fingerprint density at radius 3 is 2.35 bits per heavy atom. The van der Waals surface area contributed by atoms with Gasteiger partial charge in [-0.1, -0.05) is 36.4 Å². The Kier molecular flexibility index (Phi) is 3.20. The fourth-order valence-corrected chi connectivity index (χ4v) is 2.28. The van der Waals surface area contributed by atoms with E-state index in [1.54, 1.807) is 12.1 Å². The largest absolute Gasteiger partial charge is 0.384 e. The molecule has 0 bridgehead atoms. The molecule has 0 aromatic heterocycles. The lowest BCUT2D eigenvalue weighted by Gasteiger charge is -2.13. The number of halogens is 2. The highest BCUT2D eigenvalue weighted by Gasteiger charge is 2.16. The van der Waals surface area contributed by atoms with E-state index in [-0.39, 0.29) is 5.56 Å². The van der Waals surface area contributed by atoms with Crippen LogP contribution in [0.3, 0.4) is 0 Å². The molecule has 3 aromatic carbocycles. The number of rotatable bonds is 2. The van der Waals surface area contributed by atoms with E-state index in [4.69, 9.17) is 0 Å². The van der Waals surface area contributed by atoms with Gasteiger partial charge in [0.05, 0.1) is 0 Å². The summed E-state index contributed by atoms with van der Waals surface area (Å²) in [4.78, 5) is 0. The van der Waals surface area contributed by atoms with Crippen molar-refractivity contribution in [1.82, 2.24) is 0 Å². The highest BCUT2D eigenvalue weighted by molar-refractivity contribution is 5.83. The first kappa shape index (κ1) is 12.8. The molecule has 1 atom stereocenters. The summed E-state index contributed by atoms with van der Waals surface area (Å²) >= 11 is 0. The van der Waals surface area contributed by atoms with Gasteiger partial charge >= 0.3 is 0 Å². The molecule has 0 fully saturated rings. The summed E-state index contributed by atoms with van der Waals surface area (Å²) in [6.45, 7) is 0. The standard InChI is InChI=1S/C17H12F2O/c18-14-7-8-16(19)15(10-14)17(20)13-6-5-11-3-1-2-4-12(11)9-13/h1-10,17,20H. The molecule has 0 aliphatic carbocycles. The van der Waals surface area contributed by atoms with Crippen LogP contribution in [0.5, 0.6) is 0 Å². The van der Waals surface area contributed by atoms with Crippen molar-refractivity contribution >= 4 is 10.8 Å². The van der Waals surface area contributed by atoms with Gasteiger partial charge in [0, 0.05) is 5.56 Å². The van der Waals surface area contributed by atoms with E-state index in [1.165, 1.54) is 0 Å². The minimum absolute atomic E-state index is 0.0553. The first-order valence-electron chi connectivity index (χ1n) is 6.27. The van der Waals surface area contributed by atoms with Crippen LogP contribution >= 0.6 is 0 Å². The van der Waals surface area contributed by atoms with Crippen molar-refractivity contribution in [2.45, 2.75) is 6.10 Å². The van der Waals surface area contributed by atoms with Crippen LogP contribution in [0.15, 0.2) is 60.7 Å². The van der Waals surface area contributed by atoms with Crippen LogP contribution < -0.4 is 0 Å². The van der Waals surface area contributed by atoms with Crippen LogP contribution in [0.25, 0.3) is 10.8 Å². The SMILES string of the molecule is OC(c1ccc2ccccc2c1)c1cc(F)ccc1F. The molecular formula is C17H12F2O. The Bertz CT molecular complexity index is 768. The second-order valence-electron chi connectivity index (χ2n) is 4.67. The highest BCUT2D eigenvalue weighted by Crippen LogP contribution is 2.27. The van der Waals surface area contributed by atoms with Gasteiger partial charge in [0.25, 0.3) is 0 Å². The van der Waals surface area contributed by atoms with Crippen molar-refractivity contribution < 1.29 is 13.9 Å². The maximum absolute atomic E-state index is 13.7. The summed E-state index contributed by atoms with van der Waals surface area (Å²) in [5.41, 5.74) is 0.480. The maximum atomic E-state index is 13.7. The number of benzene rings is 3. The smallest absolute Gasteiger partial charge is 0.129 e. The van der Waals surface area contributed by atoms with Gasteiger partial charge in [-0.15, -0.1) is 0 Å². The van der Waals surface area contributed by atoms with E-state index in [2.05, 4.69) is 0 Å². The van der Waals surface area contributed by atoms with Gasteiger partial charge in [0.1, 0.15) is 17.7 Å². The molecule has 1 N–H and O–H groups in total. The molecule has 0 aliphatic rings. The van der Waals surface area contributed by atoms with Crippen molar-refractivity contribution in [3.05, 3.63) is 83.4 Å². The summed E-state index contributed by atoms with van der Waals surface area (Å²) in [6.07, 6.45) is -1.18. The second kappa shape index (κ2) is 5.02. The lowest BCUT2D eigenvalue weighted by Crippen LogP contribution is -2.03. The highest BCUT2D eigenvalue weighted by atomic mass is 19.1. The summed E-state index contributed by atoms with van der Waals surface area (Å²) in [5, 5.41) is 12.2. The molecule has 1 nitrogen and oxygen atoms in total. The molecule has 0 amide bonds. The average molecular weight is 270 g/mol. The Labute approximate surface area is 115 Å². The van der Waals surface area contributed by atoms with Crippen molar-refractivity contribution in [3.63, 3.8) is 0 Å². The number of fused-ring (bicyclic) bond motifs is 1. The van der Waals surface area contributed by atoms with E-state index >= 15 is 0 Å². The second-order valence-corrected chi connectivity index (χ2v) is 4.67. The summed E-state index contributed by atoms with van der Waals surface area (Å²) in [5.74, 6) is -1.19. The quantitative estimate of drug-likeness (QED) is 0.740. The molecule has 0 saturated carbocycles. The van der Waals surface area contributed by atoms with Crippen LogP contribution in [-0.2, 0) is 0 Å². The number of hydrogen-bond acceptors (Lipinski definition) is 1. The lowest BCUT2D eigenvalue weighted by molar-refractivity contribution is 0.214. The number of aliphatic hydroxyl groups excluding tert-OH is 1. The van der Waals surface area contributed by atoms with Gasteiger partial charge in [0.2, 0.25) is 0 Å². The van der Waals surface area contributed by atoms with Crippen molar-refractivity contribution in [2.24, 2.45) is 0 Å². The molecule has 3 rings (SSSR count). The summed E-state index contributed by atoms with van der Waals surface area (Å²) in [6, 6.07) is 16.1. The van der Waals surface area contributed by atoms with Crippen molar-refractivity contribution in [3.8, 4) is 0 Å². The topological polar surface area (TPSA) is 20.2 Å². The predicted octanol–water partition coefficient (Wildman–Crippen LogP) is 4.20. The van der Waals surface area contributed by atoms with Crippen LogP contribution in [0.4, 0.5) is 8.78 Å².